The number of hydrogen-bond donors (Lipinski definition) is 0. The SMILES string of the molecule is c1ccc(-c2ccc(-c3cc(-c4ccccc4)ccc3N(c3ccc(-c4ccc5oc6ccccc6c5c4)cc3)c3ccc4c(c3)C(c3ccccc3)(c3ccccc3)c3cc(-c5ccccc5)ccc3-4)cc2)cc1.c1ccc(-c2ccc(-c3cc(-c4ccccc4)ccc3N(c3ccc(-c4ccc5sc6ccccc6c5c4)cc3)c3ccc4c(c3)C(c3ccccc3)(c3ccccc3)c3cc(-c5ccccc5)ccc3-4)cc2)cc1. The molecule has 0 aliphatic heterocycles. The van der Waals surface area contributed by atoms with E-state index >= 15 is 0 Å². The van der Waals surface area contributed by atoms with Crippen LogP contribution in [-0.4, -0.2) is 0 Å². The largest absolute Gasteiger partial charge is 0.456 e. The van der Waals surface area contributed by atoms with Gasteiger partial charge in [-0.3, -0.25) is 0 Å². The van der Waals surface area contributed by atoms with Gasteiger partial charge in [-0.2, -0.15) is 0 Å². The standard InChI is InChI=1S/C73H49NO.C73H49NS/c2*1-6-18-50(19-7-1)53-30-32-55(33-31-53)66-46-56(51-20-8-2-9-21-51)37-44-70(66)74(61-39-34-54(35-40-61)57-38-45-72-67(47-57)65-28-16-17-29-71(65)75-72)62-41-43-64-63-42-36-58(52-22-10-3-11-23-52)48-68(63)73(69(64)49-62,59-24-12-4-13-25-59)60-26-14-5-15-27-60/h2*1-49H. The minimum absolute atomic E-state index is 0.624. The van der Waals surface area contributed by atoms with Gasteiger partial charge in [0.15, 0.2) is 0 Å². The number of benzene rings is 24. The van der Waals surface area contributed by atoms with E-state index in [1.54, 1.807) is 0 Å². The predicted molar refractivity (Wildman–Crippen MR) is 631 cm³/mol. The molecule has 0 radical (unpaired) electrons. The van der Waals surface area contributed by atoms with Crippen LogP contribution in [0.15, 0.2) is 599 Å². The molecule has 2 aliphatic carbocycles. The second-order valence-corrected chi connectivity index (χ2v) is 40.2. The first-order valence-electron chi connectivity index (χ1n) is 51.6. The van der Waals surface area contributed by atoms with Crippen LogP contribution in [0.2, 0.25) is 0 Å². The highest BCUT2D eigenvalue weighted by Crippen LogP contribution is 2.62. The smallest absolute Gasteiger partial charge is 0.135 e. The van der Waals surface area contributed by atoms with E-state index in [2.05, 4.69) is 592 Å². The van der Waals surface area contributed by atoms with Crippen molar-refractivity contribution < 1.29 is 4.42 Å². The van der Waals surface area contributed by atoms with Crippen LogP contribution in [0.4, 0.5) is 34.1 Å². The molecular weight excluding hydrogens is 1830 g/mol. The van der Waals surface area contributed by atoms with Gasteiger partial charge < -0.3 is 14.2 Å². The monoisotopic (exact) mass is 1930 g/mol. The molecule has 2 heterocycles. The molecule has 2 aromatic heterocycles. The van der Waals surface area contributed by atoms with Crippen molar-refractivity contribution in [1.82, 2.24) is 0 Å². The van der Waals surface area contributed by atoms with E-state index in [1.165, 1.54) is 159 Å². The fourth-order valence-electron chi connectivity index (χ4n) is 23.6. The van der Waals surface area contributed by atoms with E-state index in [1.807, 2.05) is 23.5 Å². The van der Waals surface area contributed by atoms with E-state index in [9.17, 15) is 0 Å². The highest BCUT2D eigenvalue weighted by Gasteiger charge is 2.49. The molecule has 704 valence electrons. The molecule has 0 fully saturated rings. The van der Waals surface area contributed by atoms with E-state index < -0.39 is 10.8 Å². The Labute approximate surface area is 878 Å². The lowest BCUT2D eigenvalue weighted by Gasteiger charge is -2.35. The van der Waals surface area contributed by atoms with E-state index in [0.29, 0.717) is 0 Å². The van der Waals surface area contributed by atoms with Gasteiger partial charge in [-0.1, -0.05) is 473 Å². The third kappa shape index (κ3) is 16.0. The second-order valence-electron chi connectivity index (χ2n) is 39.1. The zero-order valence-electron chi connectivity index (χ0n) is 82.3. The Morgan fingerprint density at radius 3 is 0.787 bits per heavy atom. The molecule has 26 aromatic rings. The lowest BCUT2D eigenvalue weighted by Crippen LogP contribution is -2.28. The van der Waals surface area contributed by atoms with Crippen LogP contribution < -0.4 is 9.80 Å². The maximum Gasteiger partial charge on any atom is 0.135 e. The number of thiophene rings is 1. The number of fused-ring (bicyclic) bond motifs is 12. The van der Waals surface area contributed by atoms with Crippen molar-refractivity contribution in [2.75, 3.05) is 9.80 Å². The van der Waals surface area contributed by atoms with Crippen molar-refractivity contribution in [2.45, 2.75) is 10.8 Å². The molecule has 150 heavy (non-hydrogen) atoms. The summed E-state index contributed by atoms with van der Waals surface area (Å²) in [5.41, 5.74) is 45.3. The van der Waals surface area contributed by atoms with Crippen molar-refractivity contribution in [1.29, 1.82) is 0 Å². The number of hydrogen-bond acceptors (Lipinski definition) is 4. The Hall–Kier alpha value is -19.1. The van der Waals surface area contributed by atoms with Gasteiger partial charge in [-0.25, -0.2) is 0 Å². The van der Waals surface area contributed by atoms with Crippen LogP contribution in [0, 0.1) is 0 Å². The van der Waals surface area contributed by atoms with Crippen molar-refractivity contribution in [3.8, 4) is 134 Å². The summed E-state index contributed by atoms with van der Waals surface area (Å²) in [7, 11) is 0. The van der Waals surface area contributed by atoms with Crippen LogP contribution in [0.3, 0.4) is 0 Å². The fourth-order valence-corrected chi connectivity index (χ4v) is 24.7. The van der Waals surface area contributed by atoms with Gasteiger partial charge in [0.25, 0.3) is 0 Å². The normalized spacial score (nSPS) is 12.4. The van der Waals surface area contributed by atoms with Crippen molar-refractivity contribution in [2.24, 2.45) is 0 Å². The first-order chi connectivity index (χ1) is 74.3. The number of anilines is 6. The maximum atomic E-state index is 6.25. The molecule has 0 saturated carbocycles. The zero-order valence-corrected chi connectivity index (χ0v) is 83.1. The van der Waals surface area contributed by atoms with Gasteiger partial charge in [0.2, 0.25) is 0 Å². The lowest BCUT2D eigenvalue weighted by atomic mass is 9.67. The molecule has 3 nitrogen and oxygen atoms in total. The molecule has 28 rings (SSSR count). The third-order valence-electron chi connectivity index (χ3n) is 30.8. The Kier molecular flexibility index (Phi) is 23.0. The van der Waals surface area contributed by atoms with Crippen molar-refractivity contribution >= 4 is 87.6 Å². The molecular formula is C146H98N2OS. The highest BCUT2D eigenvalue weighted by molar-refractivity contribution is 7.25. The number of para-hydroxylation sites is 1. The summed E-state index contributed by atoms with van der Waals surface area (Å²) in [6.45, 7) is 0. The van der Waals surface area contributed by atoms with Crippen LogP contribution in [-0.2, 0) is 10.8 Å². The quantitative estimate of drug-likeness (QED) is 0.0758. The predicted octanol–water partition coefficient (Wildman–Crippen LogP) is 40.0. The molecule has 0 spiro atoms. The molecule has 0 amide bonds. The average molecular weight is 1930 g/mol. The first kappa shape index (κ1) is 89.7. The van der Waals surface area contributed by atoms with Crippen molar-refractivity contribution in [3.63, 3.8) is 0 Å². The highest BCUT2D eigenvalue weighted by atomic mass is 32.1. The fraction of sp³-hybridized carbons (Fsp3) is 0.0137. The first-order valence-corrected chi connectivity index (χ1v) is 52.4. The van der Waals surface area contributed by atoms with E-state index in [4.69, 9.17) is 4.42 Å². The Balaban J connectivity index is 0.000000148. The van der Waals surface area contributed by atoms with E-state index in [-0.39, 0.29) is 0 Å². The summed E-state index contributed by atoms with van der Waals surface area (Å²) < 4.78 is 8.87. The summed E-state index contributed by atoms with van der Waals surface area (Å²) in [5, 5.41) is 4.85. The average Bonchev–Trinajstić information content (AvgIpc) is 1.53. The summed E-state index contributed by atoms with van der Waals surface area (Å²) in [6, 6.07) is 219. The summed E-state index contributed by atoms with van der Waals surface area (Å²) in [5.74, 6) is 0. The Morgan fingerprint density at radius 1 is 0.147 bits per heavy atom. The molecule has 0 N–H and O–H groups in total. The summed E-state index contributed by atoms with van der Waals surface area (Å²) in [4.78, 5) is 4.97. The Morgan fingerprint density at radius 2 is 0.393 bits per heavy atom. The minimum atomic E-state index is -0.632. The molecule has 2 aliphatic rings. The summed E-state index contributed by atoms with van der Waals surface area (Å²) in [6.07, 6.45) is 0. The molecule has 0 unspecified atom stereocenters. The summed E-state index contributed by atoms with van der Waals surface area (Å²) >= 11 is 1.86. The molecule has 0 saturated heterocycles. The molecule has 0 bridgehead atoms. The molecule has 4 heteroatoms. The van der Waals surface area contributed by atoms with E-state index in [0.717, 1.165) is 95.0 Å². The van der Waals surface area contributed by atoms with Gasteiger partial charge in [0.1, 0.15) is 11.2 Å². The number of furan rings is 1. The van der Waals surface area contributed by atoms with Crippen LogP contribution >= 0.6 is 11.3 Å². The molecule has 0 atom stereocenters. The van der Waals surface area contributed by atoms with Crippen molar-refractivity contribution in [3.05, 3.63) is 639 Å². The van der Waals surface area contributed by atoms with Gasteiger partial charge in [0, 0.05) is 64.8 Å². The number of nitrogens with zero attached hydrogens (tertiary/aromatic N) is 2. The van der Waals surface area contributed by atoms with Gasteiger partial charge >= 0.3 is 0 Å². The molecule has 24 aromatic carbocycles. The van der Waals surface area contributed by atoms with Crippen LogP contribution in [0.5, 0.6) is 0 Å². The lowest BCUT2D eigenvalue weighted by molar-refractivity contribution is 0.669. The second kappa shape index (κ2) is 38.5. The van der Waals surface area contributed by atoms with Crippen LogP contribution in [0.1, 0.15) is 44.5 Å². The van der Waals surface area contributed by atoms with Crippen LogP contribution in [0.25, 0.3) is 176 Å². The number of rotatable bonds is 20. The van der Waals surface area contributed by atoms with Gasteiger partial charge in [0.05, 0.1) is 22.2 Å². The van der Waals surface area contributed by atoms with Gasteiger partial charge in [-0.05, 0) is 288 Å². The maximum absolute atomic E-state index is 6.25. The van der Waals surface area contributed by atoms with Gasteiger partial charge in [-0.15, -0.1) is 11.3 Å². The Bertz CT molecular complexity index is 8840. The third-order valence-corrected chi connectivity index (χ3v) is 31.9. The zero-order chi connectivity index (χ0) is 99.4. The topological polar surface area (TPSA) is 19.6 Å². The minimum Gasteiger partial charge on any atom is -0.456 e.